The quantitative estimate of drug-likeness (QED) is 0.496. The van der Waals surface area contributed by atoms with Gasteiger partial charge >= 0.3 is 0 Å². The van der Waals surface area contributed by atoms with Gasteiger partial charge in [-0.2, -0.15) is 0 Å². The van der Waals surface area contributed by atoms with Gasteiger partial charge in [0.05, 0.1) is 16.5 Å². The first kappa shape index (κ1) is 15.2. The molecule has 0 atom stereocenters. The molecular formula is C20H14O5. The number of aromatic hydroxyl groups is 3. The first-order valence-electron chi connectivity index (χ1n) is 7.87. The monoisotopic (exact) mass is 334 g/mol. The summed E-state index contributed by atoms with van der Waals surface area (Å²) in [6, 6.07) is 9.08. The minimum absolute atomic E-state index is 0.0701. The molecule has 124 valence electrons. The fourth-order valence-corrected chi connectivity index (χ4v) is 3.41. The number of carbonyl (C=O) groups is 2. The Bertz CT molecular complexity index is 1100. The Morgan fingerprint density at radius 1 is 0.840 bits per heavy atom. The van der Waals surface area contributed by atoms with Crippen molar-refractivity contribution in [3.63, 3.8) is 0 Å². The number of ketones is 2. The minimum Gasteiger partial charge on any atom is -0.507 e. The normalized spacial score (nSPS) is 13.0. The lowest BCUT2D eigenvalue weighted by Crippen LogP contribution is -2.21. The van der Waals surface area contributed by atoms with E-state index in [1.807, 2.05) is 6.92 Å². The van der Waals surface area contributed by atoms with E-state index in [1.165, 1.54) is 30.3 Å². The average molecular weight is 334 g/mol. The first-order valence-corrected chi connectivity index (χ1v) is 7.87. The zero-order valence-electron chi connectivity index (χ0n) is 13.3. The topological polar surface area (TPSA) is 94.8 Å². The first-order chi connectivity index (χ1) is 11.9. The predicted molar refractivity (Wildman–Crippen MR) is 91.6 cm³/mol. The average Bonchev–Trinajstić information content (AvgIpc) is 2.58. The summed E-state index contributed by atoms with van der Waals surface area (Å²) in [5, 5.41) is 31.5. The Morgan fingerprint density at radius 2 is 1.60 bits per heavy atom. The molecule has 0 radical (unpaired) electrons. The number of hydrogen-bond acceptors (Lipinski definition) is 5. The smallest absolute Gasteiger partial charge is 0.201 e. The summed E-state index contributed by atoms with van der Waals surface area (Å²) in [6.45, 7) is 1.92. The third-order valence-electron chi connectivity index (χ3n) is 4.64. The van der Waals surface area contributed by atoms with Gasteiger partial charge in [-0.25, -0.2) is 0 Å². The number of phenols is 3. The molecule has 5 nitrogen and oxygen atoms in total. The number of fused-ring (bicyclic) bond motifs is 3. The van der Waals surface area contributed by atoms with Gasteiger partial charge in [-0.3, -0.25) is 9.59 Å². The highest BCUT2D eigenvalue weighted by Gasteiger charge is 2.35. The van der Waals surface area contributed by atoms with Gasteiger partial charge < -0.3 is 15.3 Å². The maximum atomic E-state index is 12.8. The number of aryl methyl sites for hydroxylation is 1. The maximum Gasteiger partial charge on any atom is 0.201 e. The van der Waals surface area contributed by atoms with Gasteiger partial charge in [0.15, 0.2) is 5.78 Å². The molecule has 3 aromatic rings. The van der Waals surface area contributed by atoms with Crippen LogP contribution in [0.1, 0.15) is 44.3 Å². The highest BCUT2D eigenvalue weighted by Crippen LogP contribution is 2.43. The maximum absolute atomic E-state index is 12.8. The van der Waals surface area contributed by atoms with Crippen molar-refractivity contribution in [3.8, 4) is 17.2 Å². The molecular weight excluding hydrogens is 320 g/mol. The van der Waals surface area contributed by atoms with E-state index in [0.29, 0.717) is 11.8 Å². The lowest BCUT2D eigenvalue weighted by Gasteiger charge is -2.20. The van der Waals surface area contributed by atoms with Crippen molar-refractivity contribution in [1.29, 1.82) is 0 Å². The number of carbonyl (C=O) groups excluding carboxylic acids is 2. The largest absolute Gasteiger partial charge is 0.507 e. The summed E-state index contributed by atoms with van der Waals surface area (Å²) in [4.78, 5) is 25.6. The second-order valence-electron chi connectivity index (χ2n) is 6.07. The molecule has 25 heavy (non-hydrogen) atoms. The fourth-order valence-electron chi connectivity index (χ4n) is 3.41. The van der Waals surface area contributed by atoms with Crippen LogP contribution in [0.15, 0.2) is 36.4 Å². The fraction of sp³-hybridized carbons (Fsp3) is 0.100. The zero-order chi connectivity index (χ0) is 17.9. The molecule has 0 fully saturated rings. The Balaban J connectivity index is 2.12. The lowest BCUT2D eigenvalue weighted by molar-refractivity contribution is 0.0974. The molecule has 0 unspecified atom stereocenters. The standard InChI is InChI=1S/C20H14O5/c1-2-9-6-10-8-12-17(19(24)15(10)14(22)7-9)20(25)16-11(18(12)23)4-3-5-13(16)21/h3-8,21-22,24H,2H2,1H3. The third-order valence-corrected chi connectivity index (χ3v) is 4.64. The van der Waals surface area contributed by atoms with Crippen LogP contribution < -0.4 is 0 Å². The van der Waals surface area contributed by atoms with E-state index in [0.717, 1.165) is 5.56 Å². The van der Waals surface area contributed by atoms with Crippen molar-refractivity contribution in [2.24, 2.45) is 0 Å². The Kier molecular flexibility index (Phi) is 3.09. The Morgan fingerprint density at radius 3 is 2.32 bits per heavy atom. The van der Waals surface area contributed by atoms with Crippen molar-refractivity contribution in [1.82, 2.24) is 0 Å². The van der Waals surface area contributed by atoms with Crippen molar-refractivity contribution in [2.75, 3.05) is 0 Å². The van der Waals surface area contributed by atoms with Crippen LogP contribution in [0.4, 0.5) is 0 Å². The number of hydrogen-bond donors (Lipinski definition) is 3. The SMILES string of the molecule is CCc1cc(O)c2c(O)c3c(cc2c1)C(=O)c1cccc(O)c1C3=O. The van der Waals surface area contributed by atoms with Crippen LogP contribution in [0.3, 0.4) is 0 Å². The molecule has 0 heterocycles. The van der Waals surface area contributed by atoms with Crippen LogP contribution in [-0.2, 0) is 6.42 Å². The molecule has 0 bridgehead atoms. The molecule has 1 aliphatic carbocycles. The van der Waals surface area contributed by atoms with Crippen molar-refractivity contribution < 1.29 is 24.9 Å². The highest BCUT2D eigenvalue weighted by molar-refractivity contribution is 6.32. The molecule has 0 saturated heterocycles. The minimum atomic E-state index is -0.638. The molecule has 1 aliphatic rings. The number of rotatable bonds is 1. The van der Waals surface area contributed by atoms with Crippen LogP contribution in [0, 0.1) is 0 Å². The molecule has 5 heteroatoms. The van der Waals surface area contributed by atoms with E-state index in [2.05, 4.69) is 0 Å². The van der Waals surface area contributed by atoms with Crippen molar-refractivity contribution in [2.45, 2.75) is 13.3 Å². The van der Waals surface area contributed by atoms with Crippen LogP contribution in [0.25, 0.3) is 10.8 Å². The second-order valence-corrected chi connectivity index (χ2v) is 6.07. The van der Waals surface area contributed by atoms with Crippen LogP contribution in [0.2, 0.25) is 0 Å². The summed E-state index contributed by atoms with van der Waals surface area (Å²) >= 11 is 0. The highest BCUT2D eigenvalue weighted by atomic mass is 16.3. The Labute approximate surface area is 142 Å². The summed E-state index contributed by atoms with van der Waals surface area (Å²) in [5.74, 6) is -2.00. The van der Waals surface area contributed by atoms with E-state index in [9.17, 15) is 24.9 Å². The molecule has 0 spiro atoms. The second kappa shape index (κ2) is 5.08. The summed E-state index contributed by atoms with van der Waals surface area (Å²) in [5.41, 5.74) is 0.704. The van der Waals surface area contributed by atoms with E-state index < -0.39 is 17.3 Å². The van der Waals surface area contributed by atoms with Gasteiger partial charge in [-0.05, 0) is 35.6 Å². The predicted octanol–water partition coefficient (Wildman–Crippen LogP) is 3.29. The third kappa shape index (κ3) is 1.96. The van der Waals surface area contributed by atoms with E-state index in [4.69, 9.17) is 0 Å². The van der Waals surface area contributed by atoms with Gasteiger partial charge in [0, 0.05) is 11.1 Å². The summed E-state index contributed by atoms with van der Waals surface area (Å²) in [7, 11) is 0. The van der Waals surface area contributed by atoms with Gasteiger partial charge in [0.25, 0.3) is 0 Å². The molecule has 0 aromatic heterocycles. The molecule has 0 saturated carbocycles. The molecule has 3 aromatic carbocycles. The summed E-state index contributed by atoms with van der Waals surface area (Å²) < 4.78 is 0. The van der Waals surface area contributed by atoms with Crippen LogP contribution in [0.5, 0.6) is 17.2 Å². The van der Waals surface area contributed by atoms with Crippen LogP contribution >= 0.6 is 0 Å². The van der Waals surface area contributed by atoms with Gasteiger partial charge in [-0.1, -0.05) is 25.1 Å². The Hall–Kier alpha value is -3.34. The van der Waals surface area contributed by atoms with E-state index >= 15 is 0 Å². The van der Waals surface area contributed by atoms with Gasteiger partial charge in [-0.15, -0.1) is 0 Å². The number of phenolic OH excluding ortho intramolecular Hbond substituents is 3. The van der Waals surface area contributed by atoms with Gasteiger partial charge in [0.1, 0.15) is 17.2 Å². The van der Waals surface area contributed by atoms with Crippen molar-refractivity contribution in [3.05, 3.63) is 64.2 Å². The van der Waals surface area contributed by atoms with E-state index in [1.54, 1.807) is 6.07 Å². The van der Waals surface area contributed by atoms with Crippen molar-refractivity contribution >= 4 is 22.3 Å². The van der Waals surface area contributed by atoms with Gasteiger partial charge in [0.2, 0.25) is 5.78 Å². The molecule has 3 N–H and O–H groups in total. The molecule has 0 aliphatic heterocycles. The summed E-state index contributed by atoms with van der Waals surface area (Å²) in [6.07, 6.45) is 0.672. The van der Waals surface area contributed by atoms with Crippen LogP contribution in [-0.4, -0.2) is 26.9 Å². The number of benzene rings is 3. The van der Waals surface area contributed by atoms with E-state index in [-0.39, 0.29) is 39.1 Å². The molecule has 4 rings (SSSR count). The molecule has 0 amide bonds. The zero-order valence-corrected chi connectivity index (χ0v) is 13.3. The lowest BCUT2D eigenvalue weighted by atomic mass is 9.81.